The van der Waals surface area contributed by atoms with Crippen molar-refractivity contribution in [2.75, 3.05) is 0 Å². The molecular weight excluding hydrogens is 234 g/mol. The van der Waals surface area contributed by atoms with Crippen LogP contribution in [-0.2, 0) is 12.8 Å². The van der Waals surface area contributed by atoms with Crippen molar-refractivity contribution in [1.29, 1.82) is 0 Å². The molecule has 104 valence electrons. The lowest BCUT2D eigenvalue weighted by atomic mass is 9.82. The van der Waals surface area contributed by atoms with Crippen LogP contribution in [0.4, 0.5) is 0 Å². The molecule has 2 bridgehead atoms. The van der Waals surface area contributed by atoms with Gasteiger partial charge in [0.05, 0.1) is 0 Å². The monoisotopic (exact) mass is 259 g/mol. The van der Waals surface area contributed by atoms with Gasteiger partial charge in [0.2, 0.25) is 0 Å². The van der Waals surface area contributed by atoms with Gasteiger partial charge in [0, 0.05) is 24.4 Å². The predicted molar refractivity (Wildman–Crippen MR) is 77.4 cm³/mol. The highest BCUT2D eigenvalue weighted by Gasteiger charge is 2.42. The normalized spacial score (nSPS) is 30.7. The van der Waals surface area contributed by atoms with E-state index in [0.29, 0.717) is 6.04 Å². The first-order chi connectivity index (χ1) is 9.30. The van der Waals surface area contributed by atoms with Crippen molar-refractivity contribution in [2.45, 2.75) is 51.5 Å². The first kappa shape index (κ1) is 13.1. The Kier molecular flexibility index (Phi) is 3.85. The summed E-state index contributed by atoms with van der Waals surface area (Å²) in [7, 11) is 0. The van der Waals surface area contributed by atoms with E-state index in [2.05, 4.69) is 29.5 Å². The summed E-state index contributed by atoms with van der Waals surface area (Å²) in [6.45, 7) is 2.16. The zero-order chi connectivity index (χ0) is 13.2. The molecule has 2 aliphatic carbocycles. The lowest BCUT2D eigenvalue weighted by molar-refractivity contribution is 0.247. The molecule has 0 aromatic carbocycles. The second kappa shape index (κ2) is 5.59. The molecule has 2 fully saturated rings. The number of hydrogen-bond acceptors (Lipinski definition) is 3. The predicted octanol–water partition coefficient (Wildman–Crippen LogP) is 2.45. The largest absolute Gasteiger partial charge is 0.271 e. The first-order valence-corrected chi connectivity index (χ1v) is 7.70. The molecule has 2 saturated carbocycles. The molecule has 3 nitrogen and oxygen atoms in total. The Labute approximate surface area is 116 Å². The summed E-state index contributed by atoms with van der Waals surface area (Å²) >= 11 is 0. The third-order valence-corrected chi connectivity index (χ3v) is 5.25. The van der Waals surface area contributed by atoms with E-state index in [1.165, 1.54) is 36.9 Å². The fourth-order valence-corrected chi connectivity index (χ4v) is 4.13. The van der Waals surface area contributed by atoms with Crippen molar-refractivity contribution in [1.82, 2.24) is 10.4 Å². The summed E-state index contributed by atoms with van der Waals surface area (Å²) < 4.78 is 0. The number of pyridine rings is 1. The highest BCUT2D eigenvalue weighted by molar-refractivity contribution is 5.15. The number of rotatable bonds is 5. The number of aryl methyl sites for hydroxylation is 1. The Balaban J connectivity index is 1.65. The van der Waals surface area contributed by atoms with Gasteiger partial charge >= 0.3 is 0 Å². The van der Waals surface area contributed by atoms with E-state index in [9.17, 15) is 0 Å². The molecule has 2 aliphatic rings. The van der Waals surface area contributed by atoms with Crippen LogP contribution in [-0.4, -0.2) is 11.0 Å². The molecule has 19 heavy (non-hydrogen) atoms. The SMILES string of the molecule is CCc1ccc(CC(NN)C2CC3CCC2C3)nc1. The van der Waals surface area contributed by atoms with Crippen LogP contribution >= 0.6 is 0 Å². The summed E-state index contributed by atoms with van der Waals surface area (Å²) in [5.74, 6) is 8.45. The highest BCUT2D eigenvalue weighted by atomic mass is 15.2. The fourth-order valence-electron chi connectivity index (χ4n) is 4.13. The standard InChI is InChI=1S/C16H25N3/c1-2-11-4-6-14(18-10-11)9-16(19-17)15-8-12-3-5-13(15)7-12/h4,6,10,12-13,15-16,19H,2-3,5,7-9,17H2,1H3. The molecule has 3 heteroatoms. The van der Waals surface area contributed by atoms with E-state index >= 15 is 0 Å². The van der Waals surface area contributed by atoms with E-state index in [1.807, 2.05) is 6.20 Å². The van der Waals surface area contributed by atoms with Crippen LogP contribution < -0.4 is 11.3 Å². The van der Waals surface area contributed by atoms with Crippen LogP contribution in [0.5, 0.6) is 0 Å². The minimum Gasteiger partial charge on any atom is -0.271 e. The van der Waals surface area contributed by atoms with Crippen molar-refractivity contribution >= 4 is 0 Å². The number of fused-ring (bicyclic) bond motifs is 2. The van der Waals surface area contributed by atoms with Gasteiger partial charge in [0.25, 0.3) is 0 Å². The minimum atomic E-state index is 0.398. The lowest BCUT2D eigenvalue weighted by Crippen LogP contribution is -2.44. The van der Waals surface area contributed by atoms with Gasteiger partial charge in [-0.1, -0.05) is 19.4 Å². The highest BCUT2D eigenvalue weighted by Crippen LogP contribution is 2.49. The lowest BCUT2D eigenvalue weighted by Gasteiger charge is -2.29. The zero-order valence-electron chi connectivity index (χ0n) is 11.8. The average Bonchev–Trinajstić information content (AvgIpc) is 3.08. The molecule has 0 aliphatic heterocycles. The number of hydrogen-bond donors (Lipinski definition) is 2. The van der Waals surface area contributed by atoms with Gasteiger partial charge in [-0.2, -0.15) is 0 Å². The van der Waals surface area contributed by atoms with E-state index in [1.54, 1.807) is 0 Å². The first-order valence-electron chi connectivity index (χ1n) is 7.70. The second-order valence-electron chi connectivity index (χ2n) is 6.33. The quantitative estimate of drug-likeness (QED) is 0.631. The maximum Gasteiger partial charge on any atom is 0.0419 e. The van der Waals surface area contributed by atoms with Gasteiger partial charge in [-0.05, 0) is 55.1 Å². The van der Waals surface area contributed by atoms with Crippen molar-refractivity contribution in [3.05, 3.63) is 29.6 Å². The van der Waals surface area contributed by atoms with Crippen LogP contribution in [0.15, 0.2) is 18.3 Å². The summed E-state index contributed by atoms with van der Waals surface area (Å²) in [6.07, 6.45) is 9.69. The number of nitrogens with one attached hydrogen (secondary N) is 1. The Hall–Kier alpha value is -0.930. The van der Waals surface area contributed by atoms with Crippen LogP contribution in [0.2, 0.25) is 0 Å². The average molecular weight is 259 g/mol. The number of aromatic nitrogens is 1. The smallest absolute Gasteiger partial charge is 0.0419 e. The molecular formula is C16H25N3. The van der Waals surface area contributed by atoms with Crippen molar-refractivity contribution < 1.29 is 0 Å². The van der Waals surface area contributed by atoms with E-state index < -0.39 is 0 Å². The fraction of sp³-hybridized carbons (Fsp3) is 0.688. The summed E-state index contributed by atoms with van der Waals surface area (Å²) in [6, 6.07) is 4.75. The number of hydrazine groups is 1. The van der Waals surface area contributed by atoms with Crippen molar-refractivity contribution in [3.8, 4) is 0 Å². The Morgan fingerprint density at radius 1 is 1.37 bits per heavy atom. The second-order valence-corrected chi connectivity index (χ2v) is 6.33. The third-order valence-electron chi connectivity index (χ3n) is 5.25. The minimum absolute atomic E-state index is 0.398. The molecule has 1 aromatic heterocycles. The van der Waals surface area contributed by atoms with Crippen LogP contribution in [0.25, 0.3) is 0 Å². The van der Waals surface area contributed by atoms with Gasteiger partial charge in [-0.3, -0.25) is 16.3 Å². The maximum atomic E-state index is 5.81. The summed E-state index contributed by atoms with van der Waals surface area (Å²) in [5, 5.41) is 0. The van der Waals surface area contributed by atoms with Crippen molar-refractivity contribution in [2.24, 2.45) is 23.6 Å². The van der Waals surface area contributed by atoms with Crippen LogP contribution in [0.3, 0.4) is 0 Å². The summed E-state index contributed by atoms with van der Waals surface area (Å²) in [4.78, 5) is 4.58. The van der Waals surface area contributed by atoms with Gasteiger partial charge < -0.3 is 0 Å². The molecule has 0 amide bonds. The zero-order valence-corrected chi connectivity index (χ0v) is 11.8. The molecule has 0 spiro atoms. The van der Waals surface area contributed by atoms with E-state index in [-0.39, 0.29) is 0 Å². The third kappa shape index (κ3) is 2.67. The Bertz CT molecular complexity index is 415. The maximum absolute atomic E-state index is 5.81. The number of nitrogens with zero attached hydrogens (tertiary/aromatic N) is 1. The van der Waals surface area contributed by atoms with Crippen molar-refractivity contribution in [3.63, 3.8) is 0 Å². The Morgan fingerprint density at radius 2 is 2.26 bits per heavy atom. The number of nitrogens with two attached hydrogens (primary N) is 1. The molecule has 1 heterocycles. The van der Waals surface area contributed by atoms with Gasteiger partial charge in [-0.15, -0.1) is 0 Å². The molecule has 0 radical (unpaired) electrons. The summed E-state index contributed by atoms with van der Waals surface area (Å²) in [5.41, 5.74) is 5.54. The van der Waals surface area contributed by atoms with E-state index in [4.69, 9.17) is 5.84 Å². The molecule has 1 aromatic rings. The molecule has 0 saturated heterocycles. The Morgan fingerprint density at radius 3 is 2.79 bits per heavy atom. The van der Waals surface area contributed by atoms with Gasteiger partial charge in [-0.25, -0.2) is 0 Å². The van der Waals surface area contributed by atoms with E-state index in [0.717, 1.165) is 30.6 Å². The van der Waals surface area contributed by atoms with Gasteiger partial charge in [0.15, 0.2) is 0 Å². The molecule has 4 atom stereocenters. The van der Waals surface area contributed by atoms with Crippen LogP contribution in [0, 0.1) is 17.8 Å². The van der Waals surface area contributed by atoms with Crippen LogP contribution in [0.1, 0.15) is 43.9 Å². The molecule has 3 N–H and O–H groups in total. The molecule has 3 rings (SSSR count). The van der Waals surface area contributed by atoms with Gasteiger partial charge in [0.1, 0.15) is 0 Å². The topological polar surface area (TPSA) is 50.9 Å². The molecule has 4 unspecified atom stereocenters.